The monoisotopic (exact) mass is 209 g/mol. The van der Waals surface area contributed by atoms with Crippen LogP contribution in [0.4, 0.5) is 5.95 Å². The van der Waals surface area contributed by atoms with Gasteiger partial charge in [-0.1, -0.05) is 13.8 Å². The summed E-state index contributed by atoms with van der Waals surface area (Å²) in [7, 11) is 0. The van der Waals surface area contributed by atoms with E-state index in [2.05, 4.69) is 29.1 Å². The van der Waals surface area contributed by atoms with E-state index in [1.165, 1.54) is 0 Å². The molecule has 0 aliphatic heterocycles. The van der Waals surface area contributed by atoms with E-state index in [0.717, 1.165) is 6.54 Å². The summed E-state index contributed by atoms with van der Waals surface area (Å²) in [6.07, 6.45) is 1.86. The summed E-state index contributed by atoms with van der Waals surface area (Å²) < 4.78 is 5.67. The molecular weight excluding hydrogens is 190 g/mol. The molecule has 4 heteroatoms. The van der Waals surface area contributed by atoms with Gasteiger partial charge >= 0.3 is 0 Å². The lowest BCUT2D eigenvalue weighted by Gasteiger charge is -2.17. The normalized spacial score (nSPS) is 12.6. The Morgan fingerprint density at radius 1 is 1.40 bits per heavy atom. The standard InChI is InChI=1S/C11H19N3O/c1-5-12-11-13-7-6-10(14-11)15-9(4)8(2)3/h6-9H,5H2,1-4H3,(H,12,13,14). The maximum atomic E-state index is 5.67. The maximum Gasteiger partial charge on any atom is 0.225 e. The van der Waals surface area contributed by atoms with Crippen molar-refractivity contribution in [2.75, 3.05) is 11.9 Å². The molecule has 0 amide bonds. The summed E-state index contributed by atoms with van der Waals surface area (Å²) in [5.74, 6) is 1.72. The molecule has 0 spiro atoms. The minimum atomic E-state index is 0.161. The molecule has 1 N–H and O–H groups in total. The highest BCUT2D eigenvalue weighted by atomic mass is 16.5. The van der Waals surface area contributed by atoms with Crippen LogP contribution in [-0.2, 0) is 0 Å². The average Bonchev–Trinajstić information content (AvgIpc) is 2.18. The summed E-state index contributed by atoms with van der Waals surface area (Å²) in [5, 5.41) is 3.05. The highest BCUT2D eigenvalue weighted by molar-refractivity contribution is 5.26. The van der Waals surface area contributed by atoms with E-state index in [1.54, 1.807) is 12.3 Å². The molecule has 1 aromatic heterocycles. The van der Waals surface area contributed by atoms with Crippen molar-refractivity contribution in [1.82, 2.24) is 9.97 Å². The van der Waals surface area contributed by atoms with Crippen LogP contribution in [0.2, 0.25) is 0 Å². The summed E-state index contributed by atoms with van der Waals surface area (Å²) >= 11 is 0. The van der Waals surface area contributed by atoms with Crippen LogP contribution in [0.5, 0.6) is 5.88 Å². The zero-order chi connectivity index (χ0) is 11.3. The highest BCUT2D eigenvalue weighted by Crippen LogP contribution is 2.13. The van der Waals surface area contributed by atoms with Gasteiger partial charge in [-0.3, -0.25) is 0 Å². The Bertz CT molecular complexity index is 302. The summed E-state index contributed by atoms with van der Waals surface area (Å²) in [5.41, 5.74) is 0. The van der Waals surface area contributed by atoms with Crippen molar-refractivity contribution < 1.29 is 4.74 Å². The largest absolute Gasteiger partial charge is 0.474 e. The van der Waals surface area contributed by atoms with Gasteiger partial charge in [0.25, 0.3) is 0 Å². The van der Waals surface area contributed by atoms with Crippen LogP contribution >= 0.6 is 0 Å². The van der Waals surface area contributed by atoms with Gasteiger partial charge < -0.3 is 10.1 Å². The first-order valence-electron chi connectivity index (χ1n) is 5.37. The van der Waals surface area contributed by atoms with Crippen LogP contribution in [0.25, 0.3) is 0 Å². The quantitative estimate of drug-likeness (QED) is 0.808. The zero-order valence-corrected chi connectivity index (χ0v) is 9.82. The van der Waals surface area contributed by atoms with Gasteiger partial charge in [-0.25, -0.2) is 4.98 Å². The number of aromatic nitrogens is 2. The van der Waals surface area contributed by atoms with E-state index in [-0.39, 0.29) is 6.10 Å². The van der Waals surface area contributed by atoms with Crippen LogP contribution < -0.4 is 10.1 Å². The lowest BCUT2D eigenvalue weighted by atomic mass is 10.1. The number of hydrogen-bond acceptors (Lipinski definition) is 4. The van der Waals surface area contributed by atoms with Crippen LogP contribution in [-0.4, -0.2) is 22.6 Å². The molecule has 15 heavy (non-hydrogen) atoms. The number of hydrogen-bond donors (Lipinski definition) is 1. The van der Waals surface area contributed by atoms with Crippen LogP contribution in [0.3, 0.4) is 0 Å². The minimum Gasteiger partial charge on any atom is -0.474 e. The summed E-state index contributed by atoms with van der Waals surface area (Å²) in [4.78, 5) is 8.32. The SMILES string of the molecule is CCNc1nccc(OC(C)C(C)C)n1. The first kappa shape index (κ1) is 11.8. The van der Waals surface area contributed by atoms with Gasteiger partial charge in [0, 0.05) is 18.8 Å². The lowest BCUT2D eigenvalue weighted by Crippen LogP contribution is -2.19. The van der Waals surface area contributed by atoms with E-state index in [1.807, 2.05) is 13.8 Å². The molecule has 0 saturated carbocycles. The van der Waals surface area contributed by atoms with Crippen molar-refractivity contribution in [3.05, 3.63) is 12.3 Å². The number of rotatable bonds is 5. The molecule has 1 unspecified atom stereocenters. The van der Waals surface area contributed by atoms with Crippen molar-refractivity contribution in [3.63, 3.8) is 0 Å². The number of nitrogens with one attached hydrogen (secondary N) is 1. The molecule has 1 aromatic rings. The van der Waals surface area contributed by atoms with E-state index in [9.17, 15) is 0 Å². The van der Waals surface area contributed by atoms with Crippen LogP contribution in [0.15, 0.2) is 12.3 Å². The van der Waals surface area contributed by atoms with E-state index < -0.39 is 0 Å². The fourth-order valence-electron chi connectivity index (χ4n) is 0.978. The summed E-state index contributed by atoms with van der Waals surface area (Å²) in [6, 6.07) is 1.78. The second kappa shape index (κ2) is 5.53. The average molecular weight is 209 g/mol. The molecule has 0 radical (unpaired) electrons. The Hall–Kier alpha value is -1.32. The second-order valence-corrected chi connectivity index (χ2v) is 3.82. The first-order chi connectivity index (χ1) is 7.13. The third-order valence-corrected chi connectivity index (χ3v) is 2.21. The predicted molar refractivity (Wildman–Crippen MR) is 61.1 cm³/mol. The smallest absolute Gasteiger partial charge is 0.225 e. The van der Waals surface area contributed by atoms with Crippen LogP contribution in [0, 0.1) is 5.92 Å². The molecule has 0 bridgehead atoms. The molecule has 1 heterocycles. The number of nitrogens with zero attached hydrogens (tertiary/aromatic N) is 2. The predicted octanol–water partition coefficient (Wildman–Crippen LogP) is 2.33. The molecule has 0 aliphatic carbocycles. The van der Waals surface area contributed by atoms with Gasteiger partial charge in [-0.2, -0.15) is 4.98 Å². The zero-order valence-electron chi connectivity index (χ0n) is 9.82. The molecular formula is C11H19N3O. The second-order valence-electron chi connectivity index (χ2n) is 3.82. The molecule has 0 aromatic carbocycles. The van der Waals surface area contributed by atoms with Gasteiger partial charge in [-0.05, 0) is 19.8 Å². The van der Waals surface area contributed by atoms with E-state index >= 15 is 0 Å². The van der Waals surface area contributed by atoms with Gasteiger partial charge in [0.2, 0.25) is 11.8 Å². The fourth-order valence-corrected chi connectivity index (χ4v) is 0.978. The Morgan fingerprint density at radius 2 is 2.13 bits per heavy atom. The van der Waals surface area contributed by atoms with Gasteiger partial charge in [0.1, 0.15) is 0 Å². The molecule has 0 saturated heterocycles. The molecule has 1 atom stereocenters. The maximum absolute atomic E-state index is 5.67. The van der Waals surface area contributed by atoms with E-state index in [4.69, 9.17) is 4.74 Å². The summed E-state index contributed by atoms with van der Waals surface area (Å²) in [6.45, 7) is 9.10. The molecule has 4 nitrogen and oxygen atoms in total. The Labute approximate surface area is 91.1 Å². The van der Waals surface area contributed by atoms with E-state index in [0.29, 0.717) is 17.7 Å². The Morgan fingerprint density at radius 3 is 2.73 bits per heavy atom. The molecule has 0 fully saturated rings. The molecule has 0 aliphatic rings. The Balaban J connectivity index is 2.64. The first-order valence-corrected chi connectivity index (χ1v) is 5.37. The van der Waals surface area contributed by atoms with Crippen molar-refractivity contribution in [2.45, 2.75) is 33.8 Å². The van der Waals surface area contributed by atoms with Crippen molar-refractivity contribution >= 4 is 5.95 Å². The van der Waals surface area contributed by atoms with Crippen molar-refractivity contribution in [1.29, 1.82) is 0 Å². The van der Waals surface area contributed by atoms with Crippen molar-refractivity contribution in [3.8, 4) is 5.88 Å². The topological polar surface area (TPSA) is 47.0 Å². The van der Waals surface area contributed by atoms with Gasteiger partial charge in [-0.15, -0.1) is 0 Å². The third-order valence-electron chi connectivity index (χ3n) is 2.21. The van der Waals surface area contributed by atoms with Gasteiger partial charge in [0.15, 0.2) is 0 Å². The number of anilines is 1. The third kappa shape index (κ3) is 3.73. The minimum absolute atomic E-state index is 0.161. The lowest BCUT2D eigenvalue weighted by molar-refractivity contribution is 0.163. The van der Waals surface area contributed by atoms with Gasteiger partial charge in [0.05, 0.1) is 6.10 Å². The molecule has 84 valence electrons. The highest BCUT2D eigenvalue weighted by Gasteiger charge is 2.09. The molecule has 1 rings (SSSR count). The fraction of sp³-hybridized carbons (Fsp3) is 0.636. The van der Waals surface area contributed by atoms with Crippen molar-refractivity contribution in [2.24, 2.45) is 5.92 Å². The Kier molecular flexibility index (Phi) is 4.34. The number of ether oxygens (including phenoxy) is 1. The van der Waals surface area contributed by atoms with Crippen LogP contribution in [0.1, 0.15) is 27.7 Å².